The number of amides is 1. The molecule has 98 valence electrons. The molecule has 0 fully saturated rings. The molecule has 0 heterocycles. The van der Waals surface area contributed by atoms with Gasteiger partial charge in [-0.15, -0.1) is 0 Å². The van der Waals surface area contributed by atoms with E-state index < -0.39 is 16.9 Å². The summed E-state index contributed by atoms with van der Waals surface area (Å²) in [5.74, 6) is -0.464. The van der Waals surface area contributed by atoms with E-state index in [9.17, 15) is 14.9 Å². The summed E-state index contributed by atoms with van der Waals surface area (Å²) in [7, 11) is 0. The fraction of sp³-hybridized carbons (Fsp3) is 0.364. The summed E-state index contributed by atoms with van der Waals surface area (Å²) in [6.07, 6.45) is 0.209. The maximum atomic E-state index is 10.9. The number of hydrogen-bond donors (Lipinski definition) is 2. The lowest BCUT2D eigenvalue weighted by Gasteiger charge is -2.10. The first-order chi connectivity index (χ1) is 8.43. The number of benzene rings is 1. The monoisotopic (exact) mass is 253 g/mol. The van der Waals surface area contributed by atoms with Crippen molar-refractivity contribution in [3.8, 4) is 5.75 Å². The van der Waals surface area contributed by atoms with Crippen LogP contribution >= 0.6 is 0 Å². The Morgan fingerprint density at radius 1 is 1.56 bits per heavy atom. The highest BCUT2D eigenvalue weighted by Gasteiger charge is 2.18. The number of primary amides is 1. The zero-order valence-corrected chi connectivity index (χ0v) is 9.96. The van der Waals surface area contributed by atoms with Crippen molar-refractivity contribution in [2.24, 2.45) is 11.5 Å². The van der Waals surface area contributed by atoms with Gasteiger partial charge in [-0.3, -0.25) is 14.9 Å². The SMILES string of the molecule is Cc1cccc(OCCC(N)C(N)=O)c1[N+](=O)[O-]. The Bertz CT molecular complexity index is 462. The molecule has 4 N–H and O–H groups in total. The van der Waals surface area contributed by atoms with Gasteiger partial charge in [0.25, 0.3) is 0 Å². The molecule has 0 aliphatic heterocycles. The number of ether oxygens (including phenoxy) is 1. The van der Waals surface area contributed by atoms with E-state index in [-0.39, 0.29) is 24.5 Å². The van der Waals surface area contributed by atoms with Gasteiger partial charge in [0, 0.05) is 12.0 Å². The second-order valence-corrected chi connectivity index (χ2v) is 3.82. The first-order valence-electron chi connectivity index (χ1n) is 5.35. The Balaban J connectivity index is 2.71. The summed E-state index contributed by atoms with van der Waals surface area (Å²) in [4.78, 5) is 21.1. The van der Waals surface area contributed by atoms with E-state index in [1.165, 1.54) is 6.07 Å². The number of rotatable bonds is 6. The van der Waals surface area contributed by atoms with E-state index >= 15 is 0 Å². The molecular weight excluding hydrogens is 238 g/mol. The minimum Gasteiger partial charge on any atom is -0.487 e. The Morgan fingerprint density at radius 3 is 2.78 bits per heavy atom. The molecule has 0 saturated carbocycles. The van der Waals surface area contributed by atoms with Gasteiger partial charge in [0.05, 0.1) is 17.6 Å². The van der Waals surface area contributed by atoms with E-state index in [0.29, 0.717) is 5.56 Å². The fourth-order valence-electron chi connectivity index (χ4n) is 1.42. The van der Waals surface area contributed by atoms with Crippen LogP contribution in [-0.4, -0.2) is 23.5 Å². The third-order valence-electron chi connectivity index (χ3n) is 2.44. The maximum absolute atomic E-state index is 10.9. The Morgan fingerprint density at radius 2 is 2.22 bits per heavy atom. The normalized spacial score (nSPS) is 11.9. The number of nitrogens with zero attached hydrogens (tertiary/aromatic N) is 1. The van der Waals surface area contributed by atoms with Gasteiger partial charge in [0.2, 0.25) is 5.91 Å². The van der Waals surface area contributed by atoms with Crippen LogP contribution in [0.3, 0.4) is 0 Å². The van der Waals surface area contributed by atoms with E-state index in [1.807, 2.05) is 0 Å². The molecule has 1 aromatic carbocycles. The van der Waals surface area contributed by atoms with Crippen LogP contribution in [0.5, 0.6) is 5.75 Å². The average Bonchev–Trinajstić information content (AvgIpc) is 2.28. The Hall–Kier alpha value is -2.15. The van der Waals surface area contributed by atoms with Crippen LogP contribution < -0.4 is 16.2 Å². The molecule has 1 atom stereocenters. The van der Waals surface area contributed by atoms with Crippen molar-refractivity contribution in [2.45, 2.75) is 19.4 Å². The summed E-state index contributed by atoms with van der Waals surface area (Å²) in [5, 5.41) is 10.9. The van der Waals surface area contributed by atoms with Crippen LogP contribution in [0.25, 0.3) is 0 Å². The lowest BCUT2D eigenvalue weighted by atomic mass is 10.2. The van der Waals surface area contributed by atoms with Gasteiger partial charge in [-0.05, 0) is 13.0 Å². The van der Waals surface area contributed by atoms with Gasteiger partial charge < -0.3 is 16.2 Å². The molecule has 18 heavy (non-hydrogen) atoms. The van der Waals surface area contributed by atoms with Gasteiger partial charge in [-0.2, -0.15) is 0 Å². The Labute approximate surface area is 104 Å². The minimum absolute atomic E-state index is 0.0786. The molecule has 1 unspecified atom stereocenters. The average molecular weight is 253 g/mol. The predicted octanol–water partition coefficient (Wildman–Crippen LogP) is 0.485. The summed E-state index contributed by atoms with van der Waals surface area (Å²) in [6.45, 7) is 1.72. The fourth-order valence-corrected chi connectivity index (χ4v) is 1.42. The summed E-state index contributed by atoms with van der Waals surface area (Å²) in [6, 6.07) is 3.97. The third-order valence-corrected chi connectivity index (χ3v) is 2.44. The number of aryl methyl sites for hydroxylation is 1. The van der Waals surface area contributed by atoms with Crippen molar-refractivity contribution >= 4 is 11.6 Å². The van der Waals surface area contributed by atoms with Crippen LogP contribution in [-0.2, 0) is 4.79 Å². The van der Waals surface area contributed by atoms with Crippen LogP contribution in [0.15, 0.2) is 18.2 Å². The number of nitro groups is 1. The first-order valence-corrected chi connectivity index (χ1v) is 5.35. The molecule has 0 aliphatic rings. The highest BCUT2D eigenvalue weighted by molar-refractivity contribution is 5.79. The molecule has 0 aliphatic carbocycles. The van der Waals surface area contributed by atoms with Crippen LogP contribution in [0.4, 0.5) is 5.69 Å². The van der Waals surface area contributed by atoms with Crippen molar-refractivity contribution in [1.29, 1.82) is 0 Å². The van der Waals surface area contributed by atoms with Gasteiger partial charge in [0.1, 0.15) is 0 Å². The van der Waals surface area contributed by atoms with E-state index in [0.717, 1.165) is 0 Å². The van der Waals surface area contributed by atoms with Crippen molar-refractivity contribution in [2.75, 3.05) is 6.61 Å². The number of carbonyl (C=O) groups is 1. The van der Waals surface area contributed by atoms with Crippen LogP contribution in [0.2, 0.25) is 0 Å². The van der Waals surface area contributed by atoms with Crippen molar-refractivity contribution in [1.82, 2.24) is 0 Å². The van der Waals surface area contributed by atoms with Gasteiger partial charge in [0.15, 0.2) is 5.75 Å². The largest absolute Gasteiger partial charge is 0.487 e. The molecule has 0 bridgehead atoms. The van der Waals surface area contributed by atoms with Gasteiger partial charge in [-0.1, -0.05) is 12.1 Å². The zero-order valence-electron chi connectivity index (χ0n) is 9.96. The maximum Gasteiger partial charge on any atom is 0.313 e. The molecule has 0 radical (unpaired) electrons. The third kappa shape index (κ3) is 3.42. The number of para-hydroxylation sites is 1. The van der Waals surface area contributed by atoms with Gasteiger partial charge in [-0.25, -0.2) is 0 Å². The van der Waals surface area contributed by atoms with Crippen LogP contribution in [0.1, 0.15) is 12.0 Å². The molecule has 7 heteroatoms. The van der Waals surface area contributed by atoms with E-state index in [2.05, 4.69) is 0 Å². The number of nitrogens with two attached hydrogens (primary N) is 2. The number of nitro benzene ring substituents is 1. The predicted molar refractivity (Wildman–Crippen MR) is 65.1 cm³/mol. The lowest BCUT2D eigenvalue weighted by molar-refractivity contribution is -0.386. The molecule has 1 rings (SSSR count). The highest BCUT2D eigenvalue weighted by atomic mass is 16.6. The lowest BCUT2D eigenvalue weighted by Crippen LogP contribution is -2.37. The molecule has 1 aromatic rings. The molecular formula is C11H15N3O4. The smallest absolute Gasteiger partial charge is 0.313 e. The second-order valence-electron chi connectivity index (χ2n) is 3.82. The summed E-state index contributed by atoms with van der Waals surface area (Å²) < 4.78 is 5.27. The van der Waals surface area contributed by atoms with Crippen molar-refractivity contribution < 1.29 is 14.5 Å². The summed E-state index contributed by atoms with van der Waals surface area (Å²) in [5.41, 5.74) is 10.8. The highest BCUT2D eigenvalue weighted by Crippen LogP contribution is 2.30. The molecule has 0 aromatic heterocycles. The zero-order chi connectivity index (χ0) is 13.7. The topological polar surface area (TPSA) is 121 Å². The van der Waals surface area contributed by atoms with Gasteiger partial charge >= 0.3 is 5.69 Å². The standard InChI is InChI=1S/C11H15N3O4/c1-7-3-2-4-9(10(7)14(16)17)18-6-5-8(12)11(13)15/h2-4,8H,5-6,12H2,1H3,(H2,13,15). The number of hydrogen-bond acceptors (Lipinski definition) is 5. The second kappa shape index (κ2) is 5.97. The van der Waals surface area contributed by atoms with E-state index in [1.54, 1.807) is 19.1 Å². The Kier molecular flexibility index (Phi) is 4.61. The first kappa shape index (κ1) is 13.9. The number of carbonyl (C=O) groups excluding carboxylic acids is 1. The van der Waals surface area contributed by atoms with E-state index in [4.69, 9.17) is 16.2 Å². The quantitative estimate of drug-likeness (QED) is 0.564. The van der Waals surface area contributed by atoms with Crippen molar-refractivity contribution in [3.05, 3.63) is 33.9 Å². The van der Waals surface area contributed by atoms with Crippen LogP contribution in [0, 0.1) is 17.0 Å². The summed E-state index contributed by atoms with van der Waals surface area (Å²) >= 11 is 0. The molecule has 1 amide bonds. The molecule has 7 nitrogen and oxygen atoms in total. The minimum atomic E-state index is -0.811. The molecule has 0 saturated heterocycles. The molecule has 0 spiro atoms. The van der Waals surface area contributed by atoms with Crippen molar-refractivity contribution in [3.63, 3.8) is 0 Å².